The summed E-state index contributed by atoms with van der Waals surface area (Å²) < 4.78 is 26.9. The van der Waals surface area contributed by atoms with Crippen molar-refractivity contribution in [2.75, 3.05) is 23.7 Å². The number of benzene rings is 1. The summed E-state index contributed by atoms with van der Waals surface area (Å²) in [5, 5.41) is 5.60. The Balaban J connectivity index is 1.62. The normalized spacial score (nSPS) is 15.6. The van der Waals surface area contributed by atoms with Crippen LogP contribution >= 0.6 is 23.2 Å². The molecule has 3 rings (SSSR count). The number of carbonyl (C=O) groups excluding carboxylic acids is 2. The van der Waals surface area contributed by atoms with Crippen LogP contribution < -0.4 is 10.6 Å². The number of aromatic nitrogens is 1. The second-order valence-electron chi connectivity index (χ2n) is 6.84. The molecule has 0 bridgehead atoms. The molecule has 2 amide bonds. The molecule has 0 unspecified atom stereocenters. The third-order valence-electron chi connectivity index (χ3n) is 4.71. The minimum absolute atomic E-state index is 0.0411. The van der Waals surface area contributed by atoms with Crippen molar-refractivity contribution in [2.24, 2.45) is 5.92 Å². The summed E-state index contributed by atoms with van der Waals surface area (Å²) in [5.74, 6) is -0.815. The number of halogens is 2. The predicted molar refractivity (Wildman–Crippen MR) is 115 cm³/mol. The number of pyridine rings is 1. The molecule has 2 aromatic rings. The highest BCUT2D eigenvalue weighted by Crippen LogP contribution is 2.29. The summed E-state index contributed by atoms with van der Waals surface area (Å²) in [5.41, 5.74) is 0.950. The fraction of sp³-hybridized carbons (Fsp3) is 0.316. The highest BCUT2D eigenvalue weighted by atomic mass is 35.5. The number of hydrogen-bond donors (Lipinski definition) is 2. The molecule has 160 valence electrons. The number of nitrogens with zero attached hydrogens (tertiary/aromatic N) is 2. The van der Waals surface area contributed by atoms with Gasteiger partial charge in [0.15, 0.2) is 0 Å². The van der Waals surface area contributed by atoms with Crippen LogP contribution in [0, 0.1) is 5.92 Å². The maximum atomic E-state index is 12.8. The highest BCUT2D eigenvalue weighted by molar-refractivity contribution is 7.89. The van der Waals surface area contributed by atoms with Crippen molar-refractivity contribution < 1.29 is 18.0 Å². The molecule has 1 aromatic heterocycles. The predicted octanol–water partition coefficient (Wildman–Crippen LogP) is 3.39. The van der Waals surface area contributed by atoms with Gasteiger partial charge in [-0.3, -0.25) is 9.59 Å². The molecule has 0 atom stereocenters. The molecule has 1 fully saturated rings. The van der Waals surface area contributed by atoms with Crippen LogP contribution in [0.25, 0.3) is 0 Å². The first kappa shape index (κ1) is 22.5. The van der Waals surface area contributed by atoms with E-state index in [1.54, 1.807) is 18.2 Å². The van der Waals surface area contributed by atoms with E-state index in [2.05, 4.69) is 15.6 Å². The van der Waals surface area contributed by atoms with Gasteiger partial charge in [0.25, 0.3) is 0 Å². The minimum atomic E-state index is -3.77. The van der Waals surface area contributed by atoms with Crippen LogP contribution in [0.3, 0.4) is 0 Å². The first-order valence-corrected chi connectivity index (χ1v) is 11.4. The lowest BCUT2D eigenvalue weighted by Crippen LogP contribution is -2.41. The molecule has 2 heterocycles. The van der Waals surface area contributed by atoms with Crippen LogP contribution in [0.2, 0.25) is 10.2 Å². The average molecular weight is 471 g/mol. The Hall–Kier alpha value is -2.20. The molecular formula is C19H20Cl2N4O4S. The number of hydrogen-bond acceptors (Lipinski definition) is 5. The van der Waals surface area contributed by atoms with Crippen LogP contribution in [0.4, 0.5) is 11.4 Å². The van der Waals surface area contributed by atoms with E-state index in [0.717, 1.165) is 0 Å². The highest BCUT2D eigenvalue weighted by Gasteiger charge is 2.33. The first-order chi connectivity index (χ1) is 14.2. The van der Waals surface area contributed by atoms with Crippen LogP contribution in [-0.4, -0.2) is 42.6 Å². The lowest BCUT2D eigenvalue weighted by molar-refractivity contribution is -0.121. The quantitative estimate of drug-likeness (QED) is 0.650. The molecule has 0 saturated carbocycles. The Labute approximate surface area is 184 Å². The number of rotatable bonds is 5. The van der Waals surface area contributed by atoms with E-state index in [-0.39, 0.29) is 40.9 Å². The maximum absolute atomic E-state index is 12.8. The van der Waals surface area contributed by atoms with Crippen molar-refractivity contribution in [1.82, 2.24) is 9.29 Å². The summed E-state index contributed by atoms with van der Waals surface area (Å²) in [7, 11) is -3.77. The average Bonchev–Trinajstić information content (AvgIpc) is 2.70. The fourth-order valence-corrected chi connectivity index (χ4v) is 5.32. The monoisotopic (exact) mass is 470 g/mol. The molecule has 0 spiro atoms. The molecule has 1 aromatic carbocycles. The Kier molecular flexibility index (Phi) is 6.97. The second kappa shape index (κ2) is 9.30. The Morgan fingerprint density at radius 2 is 1.83 bits per heavy atom. The Morgan fingerprint density at radius 1 is 1.13 bits per heavy atom. The third-order valence-corrected chi connectivity index (χ3v) is 7.37. The lowest BCUT2D eigenvalue weighted by Gasteiger charge is -2.30. The van der Waals surface area contributed by atoms with Gasteiger partial charge in [-0.25, -0.2) is 13.4 Å². The molecule has 30 heavy (non-hydrogen) atoms. The molecule has 1 saturated heterocycles. The zero-order chi connectivity index (χ0) is 21.9. The van der Waals surface area contributed by atoms with Gasteiger partial charge in [-0.15, -0.1) is 0 Å². The van der Waals surface area contributed by atoms with Gasteiger partial charge < -0.3 is 10.6 Å². The SMILES string of the molecule is CC(=O)Nc1ccc(NC(=O)C2CCN(S(=O)(=O)c3cccnc3Cl)CC2)c(Cl)c1. The van der Waals surface area contributed by atoms with E-state index >= 15 is 0 Å². The minimum Gasteiger partial charge on any atom is -0.326 e. The summed E-state index contributed by atoms with van der Waals surface area (Å²) in [6.45, 7) is 1.78. The van der Waals surface area contributed by atoms with Crippen molar-refractivity contribution in [3.05, 3.63) is 46.7 Å². The lowest BCUT2D eigenvalue weighted by atomic mass is 9.97. The molecule has 0 aliphatic carbocycles. The van der Waals surface area contributed by atoms with E-state index in [1.807, 2.05) is 0 Å². The second-order valence-corrected chi connectivity index (χ2v) is 9.51. The van der Waals surface area contributed by atoms with E-state index < -0.39 is 10.0 Å². The van der Waals surface area contributed by atoms with Gasteiger partial charge in [-0.2, -0.15) is 4.31 Å². The third kappa shape index (κ3) is 5.10. The van der Waals surface area contributed by atoms with E-state index in [1.165, 1.54) is 29.6 Å². The van der Waals surface area contributed by atoms with Crippen molar-refractivity contribution in [1.29, 1.82) is 0 Å². The van der Waals surface area contributed by atoms with E-state index in [0.29, 0.717) is 29.2 Å². The number of amides is 2. The maximum Gasteiger partial charge on any atom is 0.246 e. The van der Waals surface area contributed by atoms with E-state index in [9.17, 15) is 18.0 Å². The summed E-state index contributed by atoms with van der Waals surface area (Å²) >= 11 is 12.1. The van der Waals surface area contributed by atoms with Gasteiger partial charge in [-0.1, -0.05) is 23.2 Å². The fourth-order valence-electron chi connectivity index (χ4n) is 3.19. The molecule has 2 N–H and O–H groups in total. The smallest absolute Gasteiger partial charge is 0.246 e. The van der Waals surface area contributed by atoms with Gasteiger partial charge in [0, 0.05) is 37.8 Å². The molecule has 1 aliphatic heterocycles. The topological polar surface area (TPSA) is 108 Å². The van der Waals surface area contributed by atoms with Gasteiger partial charge in [-0.05, 0) is 43.2 Å². The zero-order valence-corrected chi connectivity index (χ0v) is 18.4. The van der Waals surface area contributed by atoms with Crippen LogP contribution in [0.5, 0.6) is 0 Å². The Morgan fingerprint density at radius 3 is 2.43 bits per heavy atom. The first-order valence-electron chi connectivity index (χ1n) is 9.17. The number of carbonyl (C=O) groups is 2. The van der Waals surface area contributed by atoms with Crippen LogP contribution in [0.15, 0.2) is 41.4 Å². The summed E-state index contributed by atoms with van der Waals surface area (Å²) in [6, 6.07) is 7.71. The number of anilines is 2. The summed E-state index contributed by atoms with van der Waals surface area (Å²) in [4.78, 5) is 27.5. The standard InChI is InChI=1S/C19H20Cl2N4O4S/c1-12(26)23-14-4-5-16(15(20)11-14)24-19(27)13-6-9-25(10-7-13)30(28,29)17-3-2-8-22-18(17)21/h2-5,8,11,13H,6-7,9-10H2,1H3,(H,23,26)(H,24,27). The summed E-state index contributed by atoms with van der Waals surface area (Å²) in [6.07, 6.45) is 2.15. The Bertz CT molecular complexity index is 1070. The van der Waals surface area contributed by atoms with Crippen molar-refractivity contribution in [3.63, 3.8) is 0 Å². The zero-order valence-electron chi connectivity index (χ0n) is 16.1. The molecular weight excluding hydrogens is 451 g/mol. The van der Waals surface area contributed by atoms with Crippen molar-refractivity contribution >= 4 is 56.4 Å². The van der Waals surface area contributed by atoms with Crippen LogP contribution in [-0.2, 0) is 19.6 Å². The molecule has 1 aliphatic rings. The number of nitrogens with one attached hydrogen (secondary N) is 2. The molecule has 8 nitrogen and oxygen atoms in total. The van der Waals surface area contributed by atoms with Gasteiger partial charge in [0.05, 0.1) is 10.7 Å². The molecule has 11 heteroatoms. The number of sulfonamides is 1. The van der Waals surface area contributed by atoms with Gasteiger partial charge >= 0.3 is 0 Å². The number of piperidine rings is 1. The largest absolute Gasteiger partial charge is 0.326 e. The molecule has 0 radical (unpaired) electrons. The van der Waals surface area contributed by atoms with Crippen LogP contribution in [0.1, 0.15) is 19.8 Å². The van der Waals surface area contributed by atoms with Gasteiger partial charge in [0.2, 0.25) is 21.8 Å². The van der Waals surface area contributed by atoms with E-state index in [4.69, 9.17) is 23.2 Å². The van der Waals surface area contributed by atoms with Gasteiger partial charge in [0.1, 0.15) is 10.0 Å². The van der Waals surface area contributed by atoms with Crippen molar-refractivity contribution in [2.45, 2.75) is 24.7 Å². The van der Waals surface area contributed by atoms with Crippen molar-refractivity contribution in [3.8, 4) is 0 Å².